The highest BCUT2D eigenvalue weighted by Crippen LogP contribution is 2.34. The number of hydrogen-bond acceptors (Lipinski definition) is 2. The van der Waals surface area contributed by atoms with Crippen LogP contribution in [0.5, 0.6) is 0 Å². The zero-order chi connectivity index (χ0) is 13.0. The molecule has 4 heteroatoms. The topological polar surface area (TPSA) is 27.0 Å². The zero-order valence-corrected chi connectivity index (χ0v) is 11.7. The van der Waals surface area contributed by atoms with Crippen LogP contribution >= 0.6 is 23.2 Å². The van der Waals surface area contributed by atoms with Crippen LogP contribution in [0.3, 0.4) is 0 Å². The monoisotopic (exact) mass is 282 g/mol. The standard InChI is InChI=1S/C14H16Cl2N2/c15-11-6-5-7-12(16)14(11)13(10-17)18-8-3-1-2-4-9-18/h5-7,13H,1-4,8-9H2. The van der Waals surface area contributed by atoms with E-state index < -0.39 is 0 Å². The first-order chi connectivity index (χ1) is 8.74. The van der Waals surface area contributed by atoms with E-state index in [0.29, 0.717) is 10.0 Å². The van der Waals surface area contributed by atoms with Crippen molar-refractivity contribution < 1.29 is 0 Å². The van der Waals surface area contributed by atoms with Crippen LogP contribution in [0.15, 0.2) is 18.2 Å². The van der Waals surface area contributed by atoms with Gasteiger partial charge in [0.05, 0.1) is 6.07 Å². The number of benzene rings is 1. The lowest BCUT2D eigenvalue weighted by molar-refractivity contribution is 0.246. The van der Waals surface area contributed by atoms with Gasteiger partial charge in [0, 0.05) is 15.6 Å². The molecule has 0 aliphatic carbocycles. The van der Waals surface area contributed by atoms with Gasteiger partial charge < -0.3 is 0 Å². The van der Waals surface area contributed by atoms with E-state index in [2.05, 4.69) is 11.0 Å². The van der Waals surface area contributed by atoms with E-state index in [4.69, 9.17) is 23.2 Å². The average Bonchev–Trinajstić information content (AvgIpc) is 2.63. The van der Waals surface area contributed by atoms with Gasteiger partial charge in [0.1, 0.15) is 6.04 Å². The minimum atomic E-state index is -0.329. The summed E-state index contributed by atoms with van der Waals surface area (Å²) in [5, 5.41) is 10.6. The van der Waals surface area contributed by atoms with Crippen molar-refractivity contribution in [2.24, 2.45) is 0 Å². The summed E-state index contributed by atoms with van der Waals surface area (Å²) < 4.78 is 0. The Bertz CT molecular complexity index is 425. The lowest BCUT2D eigenvalue weighted by Crippen LogP contribution is -2.29. The minimum absolute atomic E-state index is 0.329. The van der Waals surface area contributed by atoms with Gasteiger partial charge in [0.2, 0.25) is 0 Å². The fourth-order valence-corrected chi connectivity index (χ4v) is 3.06. The third-order valence-corrected chi connectivity index (χ3v) is 4.06. The number of hydrogen-bond donors (Lipinski definition) is 0. The molecule has 1 atom stereocenters. The van der Waals surface area contributed by atoms with Crippen molar-refractivity contribution in [1.82, 2.24) is 4.90 Å². The summed E-state index contributed by atoms with van der Waals surface area (Å²) >= 11 is 12.4. The molecule has 0 radical (unpaired) electrons. The first-order valence-electron chi connectivity index (χ1n) is 6.31. The lowest BCUT2D eigenvalue weighted by atomic mass is 10.1. The predicted octanol–water partition coefficient (Wildman–Crippen LogP) is 4.43. The molecule has 1 fully saturated rings. The molecule has 2 nitrogen and oxygen atoms in total. The normalized spacial score (nSPS) is 18.9. The van der Waals surface area contributed by atoms with Gasteiger partial charge in [-0.3, -0.25) is 4.90 Å². The smallest absolute Gasteiger partial charge is 0.126 e. The molecule has 1 aromatic rings. The Labute approximate surface area is 118 Å². The highest BCUT2D eigenvalue weighted by Gasteiger charge is 2.25. The second-order valence-corrected chi connectivity index (χ2v) is 5.43. The minimum Gasteiger partial charge on any atom is -0.284 e. The van der Waals surface area contributed by atoms with E-state index >= 15 is 0 Å². The molecule has 1 aliphatic rings. The molecule has 0 saturated carbocycles. The Hall–Kier alpha value is -0.750. The van der Waals surface area contributed by atoms with E-state index in [9.17, 15) is 5.26 Å². The molecular weight excluding hydrogens is 267 g/mol. The van der Waals surface area contributed by atoms with E-state index in [1.807, 2.05) is 6.07 Å². The van der Waals surface area contributed by atoms with Gasteiger partial charge in [-0.2, -0.15) is 5.26 Å². The van der Waals surface area contributed by atoms with E-state index in [0.717, 1.165) is 31.5 Å². The summed E-state index contributed by atoms with van der Waals surface area (Å²) in [6, 6.07) is 7.43. The maximum atomic E-state index is 9.46. The van der Waals surface area contributed by atoms with Crippen LogP contribution < -0.4 is 0 Å². The van der Waals surface area contributed by atoms with E-state index in [-0.39, 0.29) is 6.04 Å². The van der Waals surface area contributed by atoms with Gasteiger partial charge in [-0.1, -0.05) is 42.1 Å². The molecule has 0 bridgehead atoms. The Kier molecular flexibility index (Phi) is 4.88. The van der Waals surface area contributed by atoms with Gasteiger partial charge >= 0.3 is 0 Å². The summed E-state index contributed by atoms with van der Waals surface area (Å²) in [4.78, 5) is 2.19. The van der Waals surface area contributed by atoms with Gasteiger partial charge in [-0.05, 0) is 38.1 Å². The van der Waals surface area contributed by atoms with Crippen LogP contribution in [-0.2, 0) is 0 Å². The largest absolute Gasteiger partial charge is 0.284 e. The number of likely N-dealkylation sites (tertiary alicyclic amines) is 1. The van der Waals surface area contributed by atoms with Crippen LogP contribution in [0.4, 0.5) is 0 Å². The average molecular weight is 283 g/mol. The molecule has 1 heterocycles. The third kappa shape index (κ3) is 2.98. The molecule has 1 saturated heterocycles. The van der Waals surface area contributed by atoms with Crippen LogP contribution in [0.1, 0.15) is 37.3 Å². The van der Waals surface area contributed by atoms with Crippen molar-refractivity contribution in [1.29, 1.82) is 5.26 Å². The van der Waals surface area contributed by atoms with E-state index in [1.165, 1.54) is 12.8 Å². The first-order valence-corrected chi connectivity index (χ1v) is 7.07. The summed E-state index contributed by atoms with van der Waals surface area (Å²) in [6.45, 7) is 1.89. The maximum Gasteiger partial charge on any atom is 0.126 e. The molecular formula is C14H16Cl2N2. The van der Waals surface area contributed by atoms with Crippen molar-refractivity contribution in [2.45, 2.75) is 31.7 Å². The molecule has 2 rings (SSSR count). The Morgan fingerprint density at radius 1 is 1.06 bits per heavy atom. The molecule has 0 N–H and O–H groups in total. The summed E-state index contributed by atoms with van der Waals surface area (Å²) in [6.07, 6.45) is 4.76. The molecule has 1 aromatic carbocycles. The first kappa shape index (κ1) is 13.7. The molecule has 1 unspecified atom stereocenters. The van der Waals surface area contributed by atoms with Gasteiger partial charge in [-0.25, -0.2) is 0 Å². The molecule has 18 heavy (non-hydrogen) atoms. The van der Waals surface area contributed by atoms with Gasteiger partial charge in [0.15, 0.2) is 0 Å². The number of rotatable bonds is 2. The lowest BCUT2D eigenvalue weighted by Gasteiger charge is -2.26. The van der Waals surface area contributed by atoms with Crippen LogP contribution in [0.2, 0.25) is 10.0 Å². The Balaban J connectivity index is 2.30. The fourth-order valence-electron chi connectivity index (χ4n) is 2.45. The molecule has 0 amide bonds. The van der Waals surface area contributed by atoms with Crippen molar-refractivity contribution in [3.63, 3.8) is 0 Å². The van der Waals surface area contributed by atoms with Gasteiger partial charge in [0.25, 0.3) is 0 Å². The van der Waals surface area contributed by atoms with Crippen molar-refractivity contribution in [2.75, 3.05) is 13.1 Å². The van der Waals surface area contributed by atoms with Crippen molar-refractivity contribution in [3.05, 3.63) is 33.8 Å². The Morgan fingerprint density at radius 3 is 2.11 bits per heavy atom. The van der Waals surface area contributed by atoms with Crippen LogP contribution in [0.25, 0.3) is 0 Å². The zero-order valence-electron chi connectivity index (χ0n) is 10.2. The summed E-state index contributed by atoms with van der Waals surface area (Å²) in [7, 11) is 0. The SMILES string of the molecule is N#CC(c1c(Cl)cccc1Cl)N1CCCCCC1. The quantitative estimate of drug-likeness (QED) is 0.802. The maximum absolute atomic E-state index is 9.46. The number of halogens is 2. The van der Waals surface area contributed by atoms with E-state index in [1.54, 1.807) is 12.1 Å². The molecule has 0 aromatic heterocycles. The van der Waals surface area contributed by atoms with Crippen LogP contribution in [-0.4, -0.2) is 18.0 Å². The second-order valence-electron chi connectivity index (χ2n) is 4.62. The van der Waals surface area contributed by atoms with Crippen LogP contribution in [0, 0.1) is 11.3 Å². The van der Waals surface area contributed by atoms with Gasteiger partial charge in [-0.15, -0.1) is 0 Å². The van der Waals surface area contributed by atoms with Crippen molar-refractivity contribution in [3.8, 4) is 6.07 Å². The number of nitriles is 1. The summed E-state index contributed by atoms with van der Waals surface area (Å²) in [5.74, 6) is 0. The molecule has 1 aliphatic heterocycles. The highest BCUT2D eigenvalue weighted by molar-refractivity contribution is 6.36. The Morgan fingerprint density at radius 2 is 1.61 bits per heavy atom. The predicted molar refractivity (Wildman–Crippen MR) is 74.9 cm³/mol. The second kappa shape index (κ2) is 6.43. The highest BCUT2D eigenvalue weighted by atomic mass is 35.5. The summed E-state index contributed by atoms with van der Waals surface area (Å²) in [5.41, 5.74) is 0.755. The van der Waals surface area contributed by atoms with Crippen molar-refractivity contribution >= 4 is 23.2 Å². The third-order valence-electron chi connectivity index (χ3n) is 3.40. The molecule has 0 spiro atoms. The number of nitrogens with zero attached hydrogens (tertiary/aromatic N) is 2. The fraction of sp³-hybridized carbons (Fsp3) is 0.500. The molecule has 96 valence electrons.